The van der Waals surface area contributed by atoms with E-state index < -0.39 is 12.7 Å². The van der Waals surface area contributed by atoms with Gasteiger partial charge in [0.15, 0.2) is 5.82 Å². The van der Waals surface area contributed by atoms with E-state index in [9.17, 15) is 13.2 Å². The van der Waals surface area contributed by atoms with Gasteiger partial charge >= 0.3 is 6.18 Å². The van der Waals surface area contributed by atoms with Gasteiger partial charge in [-0.25, -0.2) is 19.6 Å². The predicted octanol–water partition coefficient (Wildman–Crippen LogP) is 1.19. The summed E-state index contributed by atoms with van der Waals surface area (Å²) in [6, 6.07) is 1.49. The lowest BCUT2D eigenvalue weighted by Crippen LogP contribution is -2.19. The minimum atomic E-state index is -4.38. The molecule has 0 saturated carbocycles. The summed E-state index contributed by atoms with van der Waals surface area (Å²) < 4.78 is 37.7. The molecule has 18 heavy (non-hydrogen) atoms. The SMILES string of the molecule is Cc1cc(-c2ncnn2CC(F)(F)F)nc(N)n1. The van der Waals surface area contributed by atoms with Crippen LogP contribution >= 0.6 is 0 Å². The van der Waals surface area contributed by atoms with Gasteiger partial charge in [-0.05, 0) is 13.0 Å². The second-order valence-corrected chi connectivity index (χ2v) is 3.61. The van der Waals surface area contributed by atoms with E-state index in [0.717, 1.165) is 11.0 Å². The molecular formula is C9H9F3N6. The molecule has 0 unspecified atom stereocenters. The Morgan fingerprint density at radius 1 is 1.33 bits per heavy atom. The van der Waals surface area contributed by atoms with Gasteiger partial charge in [0, 0.05) is 5.69 Å². The molecule has 6 nitrogen and oxygen atoms in total. The van der Waals surface area contributed by atoms with Gasteiger partial charge in [-0.1, -0.05) is 0 Å². The molecule has 2 N–H and O–H groups in total. The van der Waals surface area contributed by atoms with Crippen molar-refractivity contribution in [1.29, 1.82) is 0 Å². The topological polar surface area (TPSA) is 82.5 Å². The normalized spacial score (nSPS) is 11.8. The van der Waals surface area contributed by atoms with Gasteiger partial charge < -0.3 is 5.73 Å². The summed E-state index contributed by atoms with van der Waals surface area (Å²) in [4.78, 5) is 11.4. The first-order chi connectivity index (χ1) is 8.35. The van der Waals surface area contributed by atoms with E-state index in [1.807, 2.05) is 0 Å². The molecule has 2 rings (SSSR count). The van der Waals surface area contributed by atoms with Crippen molar-refractivity contribution in [2.45, 2.75) is 19.6 Å². The number of hydrogen-bond acceptors (Lipinski definition) is 5. The highest BCUT2D eigenvalue weighted by atomic mass is 19.4. The van der Waals surface area contributed by atoms with E-state index >= 15 is 0 Å². The molecular weight excluding hydrogens is 249 g/mol. The van der Waals surface area contributed by atoms with E-state index in [-0.39, 0.29) is 17.5 Å². The molecule has 0 aromatic carbocycles. The first-order valence-electron chi connectivity index (χ1n) is 4.91. The maximum Gasteiger partial charge on any atom is 0.408 e. The van der Waals surface area contributed by atoms with Crippen LogP contribution in [0.3, 0.4) is 0 Å². The first kappa shape index (κ1) is 12.3. The van der Waals surface area contributed by atoms with Crippen LogP contribution in [0, 0.1) is 6.92 Å². The molecule has 0 aliphatic rings. The monoisotopic (exact) mass is 258 g/mol. The molecule has 96 valence electrons. The third-order valence-corrected chi connectivity index (χ3v) is 2.05. The highest BCUT2D eigenvalue weighted by Gasteiger charge is 2.30. The molecule has 0 spiro atoms. The average molecular weight is 258 g/mol. The van der Waals surface area contributed by atoms with Crippen LogP contribution in [0.2, 0.25) is 0 Å². The van der Waals surface area contributed by atoms with Crippen molar-refractivity contribution >= 4 is 5.95 Å². The molecule has 0 aliphatic carbocycles. The Bertz CT molecular complexity index is 541. The van der Waals surface area contributed by atoms with Crippen molar-refractivity contribution in [3.63, 3.8) is 0 Å². The maximum atomic E-state index is 12.3. The summed E-state index contributed by atoms with van der Waals surface area (Å²) in [5, 5.41) is 3.52. The Hall–Kier alpha value is -2.19. The van der Waals surface area contributed by atoms with Crippen molar-refractivity contribution in [3.8, 4) is 11.5 Å². The zero-order valence-electron chi connectivity index (χ0n) is 9.31. The fraction of sp³-hybridized carbons (Fsp3) is 0.333. The van der Waals surface area contributed by atoms with E-state index in [1.165, 1.54) is 6.07 Å². The molecule has 0 atom stereocenters. The second kappa shape index (κ2) is 4.24. The van der Waals surface area contributed by atoms with E-state index in [4.69, 9.17) is 5.73 Å². The van der Waals surface area contributed by atoms with Crippen molar-refractivity contribution in [3.05, 3.63) is 18.1 Å². The van der Waals surface area contributed by atoms with Gasteiger partial charge in [0.2, 0.25) is 5.95 Å². The van der Waals surface area contributed by atoms with Crippen molar-refractivity contribution < 1.29 is 13.2 Å². The van der Waals surface area contributed by atoms with Crippen molar-refractivity contribution in [2.75, 3.05) is 5.73 Å². The first-order valence-corrected chi connectivity index (χ1v) is 4.91. The molecule has 2 heterocycles. The number of aromatic nitrogens is 5. The van der Waals surface area contributed by atoms with Crippen LogP contribution < -0.4 is 5.73 Å². The fourth-order valence-corrected chi connectivity index (χ4v) is 1.45. The molecule has 0 fully saturated rings. The molecule has 9 heteroatoms. The number of nitrogens with two attached hydrogens (primary N) is 1. The number of hydrogen-bond donors (Lipinski definition) is 1. The number of alkyl halides is 3. The summed E-state index contributed by atoms with van der Waals surface area (Å²) in [6.07, 6.45) is -3.34. The Labute approximate surface area is 99.7 Å². The van der Waals surface area contributed by atoms with Crippen LogP contribution in [0.5, 0.6) is 0 Å². The lowest BCUT2D eigenvalue weighted by molar-refractivity contribution is -0.142. The molecule has 0 amide bonds. The van der Waals surface area contributed by atoms with E-state index in [1.54, 1.807) is 6.92 Å². The van der Waals surface area contributed by atoms with Crippen LogP contribution in [0.25, 0.3) is 11.5 Å². The van der Waals surface area contributed by atoms with Gasteiger partial charge in [0.25, 0.3) is 0 Å². The lowest BCUT2D eigenvalue weighted by atomic mass is 10.3. The zero-order chi connectivity index (χ0) is 13.3. The summed E-state index contributed by atoms with van der Waals surface area (Å²) in [5.74, 6) is -0.0175. The van der Waals surface area contributed by atoms with Crippen molar-refractivity contribution in [1.82, 2.24) is 24.7 Å². The second-order valence-electron chi connectivity index (χ2n) is 3.61. The number of halogens is 3. The van der Waals surface area contributed by atoms with Gasteiger partial charge in [-0.2, -0.15) is 18.3 Å². The van der Waals surface area contributed by atoms with Crippen LogP contribution in [0.15, 0.2) is 12.4 Å². The highest BCUT2D eigenvalue weighted by Crippen LogP contribution is 2.21. The number of anilines is 1. The molecule has 0 aliphatic heterocycles. The smallest absolute Gasteiger partial charge is 0.368 e. The molecule has 0 radical (unpaired) electrons. The number of aryl methyl sites for hydroxylation is 1. The van der Waals surface area contributed by atoms with Crippen LogP contribution in [0.4, 0.5) is 19.1 Å². The zero-order valence-corrected chi connectivity index (χ0v) is 9.31. The third-order valence-electron chi connectivity index (χ3n) is 2.05. The minimum absolute atomic E-state index is 0.00419. The summed E-state index contributed by atoms with van der Waals surface area (Å²) >= 11 is 0. The van der Waals surface area contributed by atoms with E-state index in [2.05, 4.69) is 20.1 Å². The van der Waals surface area contributed by atoms with Crippen LogP contribution in [0.1, 0.15) is 5.69 Å². The molecule has 2 aromatic rings. The minimum Gasteiger partial charge on any atom is -0.368 e. The number of nitrogen functional groups attached to an aromatic ring is 1. The number of nitrogens with zero attached hydrogens (tertiary/aromatic N) is 5. The summed E-state index contributed by atoms with van der Waals surface area (Å²) in [7, 11) is 0. The fourth-order valence-electron chi connectivity index (χ4n) is 1.45. The largest absolute Gasteiger partial charge is 0.408 e. The molecule has 0 bridgehead atoms. The number of rotatable bonds is 2. The standard InChI is InChI=1S/C9H9F3N6/c1-5-2-6(17-8(13)16-5)7-14-4-15-18(7)3-9(10,11)12/h2,4H,3H2,1H3,(H2,13,16,17). The van der Waals surface area contributed by atoms with Gasteiger partial charge in [0.1, 0.15) is 18.6 Å². The Morgan fingerprint density at radius 2 is 2.06 bits per heavy atom. The molecule has 0 saturated heterocycles. The van der Waals surface area contributed by atoms with Crippen LogP contribution in [-0.4, -0.2) is 30.9 Å². The van der Waals surface area contributed by atoms with Gasteiger partial charge in [-0.3, -0.25) is 0 Å². The van der Waals surface area contributed by atoms with Gasteiger partial charge in [-0.15, -0.1) is 0 Å². The van der Waals surface area contributed by atoms with Gasteiger partial charge in [0.05, 0.1) is 0 Å². The Morgan fingerprint density at radius 3 is 2.67 bits per heavy atom. The lowest BCUT2D eigenvalue weighted by Gasteiger charge is -2.09. The summed E-state index contributed by atoms with van der Waals surface area (Å²) in [6.45, 7) is 0.428. The Kier molecular flexibility index (Phi) is 2.89. The third kappa shape index (κ3) is 2.73. The van der Waals surface area contributed by atoms with Crippen LogP contribution in [-0.2, 0) is 6.54 Å². The molecule has 2 aromatic heterocycles. The summed E-state index contributed by atoms with van der Waals surface area (Å²) in [5.41, 5.74) is 6.19. The van der Waals surface area contributed by atoms with E-state index in [0.29, 0.717) is 5.69 Å². The highest BCUT2D eigenvalue weighted by molar-refractivity contribution is 5.51. The van der Waals surface area contributed by atoms with Crippen molar-refractivity contribution in [2.24, 2.45) is 0 Å². The average Bonchev–Trinajstić information content (AvgIpc) is 2.61. The predicted molar refractivity (Wildman–Crippen MR) is 56.3 cm³/mol. The quantitative estimate of drug-likeness (QED) is 0.874. The Balaban J connectivity index is 2.42. The maximum absolute atomic E-state index is 12.3.